The maximum Gasteiger partial charge on any atom is 0.408 e. The molecule has 4 N–H and O–H groups in total. The Morgan fingerprint density at radius 2 is 1.67 bits per heavy atom. The number of rotatable bonds is 6. The number of halogens is 2. The fraction of sp³-hybridized carbons (Fsp3) is 0.471. The predicted octanol–water partition coefficient (Wildman–Crippen LogP) is 2.94. The topological polar surface area (TPSA) is 125 Å². The Morgan fingerprint density at radius 3 is 2.11 bits per heavy atom. The molecule has 10 heteroatoms. The Balaban J connectivity index is 3.04. The Hall–Kier alpha value is -1.81. The van der Waals surface area contributed by atoms with Crippen LogP contribution in [-0.2, 0) is 20.7 Å². The minimum absolute atomic E-state index is 0.000600. The molecule has 2 amide bonds. The summed E-state index contributed by atoms with van der Waals surface area (Å²) in [6, 6.07) is 0.985. The zero-order chi connectivity index (χ0) is 20.9. The smallest absolute Gasteiger partial charge is 0.408 e. The van der Waals surface area contributed by atoms with E-state index in [-0.39, 0.29) is 12.2 Å². The maximum absolute atomic E-state index is 12.5. The molecular weight excluding hydrogens is 488 g/mol. The van der Waals surface area contributed by atoms with Gasteiger partial charge in [-0.05, 0) is 77.3 Å². The zero-order valence-electron chi connectivity index (χ0n) is 15.3. The normalized spacial score (nSPS) is 13.4. The van der Waals surface area contributed by atoms with Crippen molar-refractivity contribution < 1.29 is 29.3 Å². The summed E-state index contributed by atoms with van der Waals surface area (Å²) < 4.78 is 5.98. The summed E-state index contributed by atoms with van der Waals surface area (Å²) in [6.07, 6.45) is -0.753. The van der Waals surface area contributed by atoms with Gasteiger partial charge in [-0.3, -0.25) is 9.59 Å². The second-order valence-corrected chi connectivity index (χ2v) is 8.59. The van der Waals surface area contributed by atoms with Crippen molar-refractivity contribution in [3.05, 3.63) is 26.6 Å². The highest BCUT2D eigenvalue weighted by molar-refractivity contribution is 9.11. The molecule has 8 nitrogen and oxygen atoms in total. The number of phenolic OH excluding ortho intramolecular Hbond substituents is 1. The van der Waals surface area contributed by atoms with Crippen LogP contribution in [0, 0.1) is 0 Å². The van der Waals surface area contributed by atoms with Crippen molar-refractivity contribution in [2.45, 2.75) is 51.8 Å². The first kappa shape index (κ1) is 23.2. The van der Waals surface area contributed by atoms with Gasteiger partial charge in [0, 0.05) is 6.42 Å². The number of hydrogen-bond acceptors (Lipinski definition) is 5. The van der Waals surface area contributed by atoms with E-state index in [1.165, 1.54) is 6.92 Å². The maximum atomic E-state index is 12.5. The van der Waals surface area contributed by atoms with Gasteiger partial charge in [-0.25, -0.2) is 4.79 Å². The molecule has 0 fully saturated rings. The number of ether oxygens (including phenoxy) is 1. The molecular formula is C17H22Br2N2O6. The van der Waals surface area contributed by atoms with Gasteiger partial charge in [-0.15, -0.1) is 0 Å². The lowest BCUT2D eigenvalue weighted by atomic mass is 10.0. The number of carboxylic acids is 1. The lowest BCUT2D eigenvalue weighted by Crippen LogP contribution is -2.52. The Morgan fingerprint density at radius 1 is 1.15 bits per heavy atom. The molecule has 0 aliphatic heterocycles. The van der Waals surface area contributed by atoms with Crippen LogP contribution >= 0.6 is 31.9 Å². The van der Waals surface area contributed by atoms with E-state index in [0.29, 0.717) is 14.5 Å². The molecule has 1 rings (SSSR count). The lowest BCUT2D eigenvalue weighted by molar-refractivity contribution is -0.141. The van der Waals surface area contributed by atoms with Gasteiger partial charge in [-0.1, -0.05) is 0 Å². The summed E-state index contributed by atoms with van der Waals surface area (Å²) in [5.74, 6) is -1.87. The molecule has 1 aromatic carbocycles. The van der Waals surface area contributed by atoms with Crippen LogP contribution in [0.4, 0.5) is 4.79 Å². The third kappa shape index (κ3) is 7.76. The number of nitrogens with one attached hydrogen (secondary N) is 2. The molecule has 0 aliphatic rings. The number of hydrogen-bond donors (Lipinski definition) is 4. The predicted molar refractivity (Wildman–Crippen MR) is 106 cm³/mol. The van der Waals surface area contributed by atoms with E-state index < -0.39 is 35.7 Å². The van der Waals surface area contributed by atoms with E-state index in [2.05, 4.69) is 42.5 Å². The third-order valence-electron chi connectivity index (χ3n) is 3.25. The van der Waals surface area contributed by atoms with Crippen LogP contribution in [0.1, 0.15) is 33.3 Å². The van der Waals surface area contributed by atoms with Crippen LogP contribution in [-0.4, -0.2) is 45.9 Å². The zero-order valence-corrected chi connectivity index (χ0v) is 18.5. The van der Waals surface area contributed by atoms with Crippen LogP contribution in [0.2, 0.25) is 0 Å². The van der Waals surface area contributed by atoms with Crippen molar-refractivity contribution in [1.29, 1.82) is 0 Å². The number of alkyl carbamates (subject to hydrolysis) is 1. The van der Waals surface area contributed by atoms with Crippen molar-refractivity contribution in [1.82, 2.24) is 10.6 Å². The van der Waals surface area contributed by atoms with E-state index in [4.69, 9.17) is 9.84 Å². The fourth-order valence-electron chi connectivity index (χ4n) is 2.01. The van der Waals surface area contributed by atoms with Crippen LogP contribution in [0.25, 0.3) is 0 Å². The minimum atomic E-state index is -1.20. The summed E-state index contributed by atoms with van der Waals surface area (Å²) in [5.41, 5.74) is -0.143. The van der Waals surface area contributed by atoms with Gasteiger partial charge >= 0.3 is 12.1 Å². The van der Waals surface area contributed by atoms with Crippen LogP contribution in [0.5, 0.6) is 5.75 Å². The SMILES string of the molecule is C[C@@H](NC(=O)[C@H](Cc1cc(Br)c(O)c(Br)c1)NC(=O)OC(C)(C)C)C(=O)O. The summed E-state index contributed by atoms with van der Waals surface area (Å²) in [5, 5.41) is 23.6. The fourth-order valence-corrected chi connectivity index (χ4v) is 3.29. The molecule has 2 atom stereocenters. The van der Waals surface area contributed by atoms with E-state index in [1.54, 1.807) is 32.9 Å². The van der Waals surface area contributed by atoms with Crippen LogP contribution < -0.4 is 10.6 Å². The molecule has 0 radical (unpaired) electrons. The molecule has 0 saturated carbocycles. The number of carboxylic acid groups (broad SMARTS) is 1. The average Bonchev–Trinajstić information content (AvgIpc) is 2.49. The number of amides is 2. The molecule has 0 aliphatic carbocycles. The van der Waals surface area contributed by atoms with E-state index in [0.717, 1.165) is 0 Å². The van der Waals surface area contributed by atoms with Gasteiger partial charge in [0.2, 0.25) is 5.91 Å². The number of aromatic hydroxyl groups is 1. The first-order chi connectivity index (χ1) is 12.3. The van der Waals surface area contributed by atoms with Crippen LogP contribution in [0.15, 0.2) is 21.1 Å². The first-order valence-corrected chi connectivity index (χ1v) is 9.58. The standard InChI is InChI=1S/C17H22Br2N2O6/c1-8(15(24)25)20-14(23)12(21-16(26)27-17(2,3)4)7-9-5-10(18)13(22)11(19)6-9/h5-6,8,12,22H,7H2,1-4H3,(H,20,23)(H,21,26)(H,24,25)/t8-,12+/m1/s1. The van der Waals surface area contributed by atoms with Crippen molar-refractivity contribution >= 4 is 49.8 Å². The molecule has 0 unspecified atom stereocenters. The second kappa shape index (κ2) is 9.41. The quantitative estimate of drug-likeness (QED) is 0.467. The molecule has 150 valence electrons. The van der Waals surface area contributed by atoms with Gasteiger partial charge in [-0.2, -0.15) is 0 Å². The molecule has 0 spiro atoms. The van der Waals surface area contributed by atoms with Gasteiger partial charge in [0.1, 0.15) is 23.4 Å². The first-order valence-electron chi connectivity index (χ1n) is 7.99. The largest absolute Gasteiger partial charge is 0.506 e. The van der Waals surface area contributed by atoms with E-state index in [9.17, 15) is 19.5 Å². The van der Waals surface area contributed by atoms with Gasteiger partial charge in [0.25, 0.3) is 0 Å². The summed E-state index contributed by atoms with van der Waals surface area (Å²) >= 11 is 6.41. The number of carbonyl (C=O) groups excluding carboxylic acids is 2. The van der Waals surface area contributed by atoms with Gasteiger partial charge in [0.05, 0.1) is 8.95 Å². The highest BCUT2D eigenvalue weighted by atomic mass is 79.9. The van der Waals surface area contributed by atoms with E-state index >= 15 is 0 Å². The average molecular weight is 510 g/mol. The summed E-state index contributed by atoms with van der Waals surface area (Å²) in [4.78, 5) is 35.6. The minimum Gasteiger partial charge on any atom is -0.506 e. The lowest BCUT2D eigenvalue weighted by Gasteiger charge is -2.24. The van der Waals surface area contributed by atoms with Crippen molar-refractivity contribution in [3.63, 3.8) is 0 Å². The number of aliphatic carboxylic acids is 1. The summed E-state index contributed by atoms with van der Waals surface area (Å²) in [6.45, 7) is 6.37. The number of carbonyl (C=O) groups is 3. The second-order valence-electron chi connectivity index (χ2n) is 6.88. The Labute approximate surface area is 173 Å². The molecule has 0 bridgehead atoms. The molecule has 0 aromatic heterocycles. The molecule has 27 heavy (non-hydrogen) atoms. The number of phenols is 1. The monoisotopic (exact) mass is 508 g/mol. The Kier molecular flexibility index (Phi) is 8.09. The summed E-state index contributed by atoms with van der Waals surface area (Å²) in [7, 11) is 0. The van der Waals surface area contributed by atoms with Gasteiger partial charge < -0.3 is 25.6 Å². The molecule has 0 saturated heterocycles. The highest BCUT2D eigenvalue weighted by Crippen LogP contribution is 2.33. The number of benzene rings is 1. The highest BCUT2D eigenvalue weighted by Gasteiger charge is 2.27. The Bertz CT molecular complexity index is 710. The molecule has 0 heterocycles. The van der Waals surface area contributed by atoms with Gasteiger partial charge in [0.15, 0.2) is 0 Å². The third-order valence-corrected chi connectivity index (χ3v) is 4.46. The van der Waals surface area contributed by atoms with Crippen molar-refractivity contribution in [2.75, 3.05) is 0 Å². The van der Waals surface area contributed by atoms with Crippen molar-refractivity contribution in [2.24, 2.45) is 0 Å². The molecule has 1 aromatic rings. The van der Waals surface area contributed by atoms with Crippen molar-refractivity contribution in [3.8, 4) is 5.75 Å². The van der Waals surface area contributed by atoms with Crippen LogP contribution in [0.3, 0.4) is 0 Å². The van der Waals surface area contributed by atoms with E-state index in [1.807, 2.05) is 0 Å².